The molecule has 4 rings (SSSR count). The molecule has 2 atom stereocenters. The number of carbonyl (C=O) groups is 3. The maximum absolute atomic E-state index is 14.8. The molecule has 0 spiro atoms. The number of aryl methyl sites for hydroxylation is 1. The summed E-state index contributed by atoms with van der Waals surface area (Å²) in [5, 5.41) is 0.323. The van der Waals surface area contributed by atoms with E-state index in [0.29, 0.717) is 29.0 Å². The number of amides is 1. The molecule has 1 saturated carbocycles. The smallest absolute Gasteiger partial charge is 0.295 e. The fraction of sp³-hybridized carbons (Fsp3) is 0.286. The van der Waals surface area contributed by atoms with Crippen LogP contribution >= 0.6 is 23.2 Å². The molecular weight excluding hydrogens is 404 g/mol. The Morgan fingerprint density at radius 3 is 2.50 bits per heavy atom. The van der Waals surface area contributed by atoms with Crippen LogP contribution in [0.5, 0.6) is 0 Å². The Labute approximate surface area is 171 Å². The van der Waals surface area contributed by atoms with Gasteiger partial charge in [-0.3, -0.25) is 19.3 Å². The third kappa shape index (κ3) is 3.03. The Bertz CT molecular complexity index is 1020. The second kappa shape index (κ2) is 6.98. The van der Waals surface area contributed by atoms with Crippen LogP contribution in [0.25, 0.3) is 0 Å². The second-order valence-electron chi connectivity index (χ2n) is 7.21. The van der Waals surface area contributed by atoms with Gasteiger partial charge in [-0.05, 0) is 55.2 Å². The van der Waals surface area contributed by atoms with Gasteiger partial charge in [-0.25, -0.2) is 4.39 Å². The fourth-order valence-corrected chi connectivity index (χ4v) is 4.20. The molecule has 1 aliphatic carbocycles. The summed E-state index contributed by atoms with van der Waals surface area (Å²) < 4.78 is 14.8. The van der Waals surface area contributed by atoms with Gasteiger partial charge in [0.2, 0.25) is 5.78 Å². The van der Waals surface area contributed by atoms with Crippen LogP contribution in [-0.4, -0.2) is 17.5 Å². The standard InChI is InChI=1S/C21H16Cl2FNO3/c1-10-9-12(22)7-8-13(10)18-16(19(26)11-5-6-11)20(27)21(28)25(18)15-4-2-3-14(23)17(15)24/h2-4,7-9,11,16,18H,5-6H2,1H3. The van der Waals surface area contributed by atoms with Crippen molar-refractivity contribution in [3.8, 4) is 0 Å². The highest BCUT2D eigenvalue weighted by molar-refractivity contribution is 6.48. The highest BCUT2D eigenvalue weighted by Gasteiger charge is 2.55. The Hall–Kier alpha value is -2.24. The molecule has 1 aliphatic heterocycles. The van der Waals surface area contributed by atoms with E-state index in [2.05, 4.69) is 0 Å². The zero-order chi connectivity index (χ0) is 20.2. The predicted octanol–water partition coefficient (Wildman–Crippen LogP) is 4.69. The Kier molecular flexibility index (Phi) is 4.76. The molecule has 0 N–H and O–H groups in total. The van der Waals surface area contributed by atoms with Crippen molar-refractivity contribution in [2.24, 2.45) is 11.8 Å². The minimum Gasteiger partial charge on any atom is -0.298 e. The number of rotatable bonds is 4. The molecule has 2 unspecified atom stereocenters. The van der Waals surface area contributed by atoms with Crippen LogP contribution in [-0.2, 0) is 14.4 Å². The molecule has 4 nitrogen and oxygen atoms in total. The van der Waals surface area contributed by atoms with Crippen molar-refractivity contribution in [1.82, 2.24) is 0 Å². The lowest BCUT2D eigenvalue weighted by molar-refractivity contribution is -0.139. The van der Waals surface area contributed by atoms with Gasteiger partial charge in [0.15, 0.2) is 5.82 Å². The molecule has 0 aromatic heterocycles. The Morgan fingerprint density at radius 2 is 1.86 bits per heavy atom. The van der Waals surface area contributed by atoms with E-state index in [0.717, 1.165) is 4.90 Å². The SMILES string of the molecule is Cc1cc(Cl)ccc1C1C(C(=O)C2CC2)C(=O)C(=O)N1c1cccc(Cl)c1F. The quantitative estimate of drug-likeness (QED) is 0.533. The third-order valence-electron chi connectivity index (χ3n) is 5.33. The molecule has 2 aromatic carbocycles. The summed E-state index contributed by atoms with van der Waals surface area (Å²) in [6, 6.07) is 8.31. The fourth-order valence-electron chi connectivity index (χ4n) is 3.80. The lowest BCUT2D eigenvalue weighted by Crippen LogP contribution is -2.32. The first-order valence-corrected chi connectivity index (χ1v) is 9.68. The van der Waals surface area contributed by atoms with Crippen LogP contribution in [0.1, 0.15) is 30.0 Å². The number of ketones is 2. The summed E-state index contributed by atoms with van der Waals surface area (Å²) in [4.78, 5) is 39.7. The van der Waals surface area contributed by atoms with Gasteiger partial charge in [-0.1, -0.05) is 35.3 Å². The molecule has 7 heteroatoms. The van der Waals surface area contributed by atoms with Crippen molar-refractivity contribution in [2.75, 3.05) is 4.90 Å². The van der Waals surface area contributed by atoms with Crippen LogP contribution in [0, 0.1) is 24.6 Å². The number of hydrogen-bond donors (Lipinski definition) is 0. The van der Waals surface area contributed by atoms with Crippen molar-refractivity contribution in [3.63, 3.8) is 0 Å². The van der Waals surface area contributed by atoms with Crippen LogP contribution < -0.4 is 4.90 Å². The van der Waals surface area contributed by atoms with Gasteiger partial charge in [-0.15, -0.1) is 0 Å². The van der Waals surface area contributed by atoms with Crippen molar-refractivity contribution in [1.29, 1.82) is 0 Å². The summed E-state index contributed by atoms with van der Waals surface area (Å²) in [6.45, 7) is 1.78. The van der Waals surface area contributed by atoms with Crippen molar-refractivity contribution < 1.29 is 18.8 Å². The number of Topliss-reactive ketones (excluding diaryl/α,β-unsaturated/α-hetero) is 2. The number of hydrogen-bond acceptors (Lipinski definition) is 3. The van der Waals surface area contributed by atoms with E-state index in [1.54, 1.807) is 25.1 Å². The van der Waals surface area contributed by atoms with Crippen molar-refractivity contribution >= 4 is 46.4 Å². The van der Waals surface area contributed by atoms with E-state index < -0.39 is 29.5 Å². The van der Waals surface area contributed by atoms with E-state index in [-0.39, 0.29) is 22.4 Å². The van der Waals surface area contributed by atoms with Gasteiger partial charge in [0.25, 0.3) is 5.91 Å². The first kappa shape index (κ1) is 19.1. The molecule has 28 heavy (non-hydrogen) atoms. The van der Waals surface area contributed by atoms with E-state index in [4.69, 9.17) is 23.2 Å². The van der Waals surface area contributed by atoms with Gasteiger partial charge in [-0.2, -0.15) is 0 Å². The molecule has 1 heterocycles. The monoisotopic (exact) mass is 419 g/mol. The number of carbonyl (C=O) groups excluding carboxylic acids is 3. The van der Waals surface area contributed by atoms with E-state index in [9.17, 15) is 18.8 Å². The highest BCUT2D eigenvalue weighted by Crippen LogP contribution is 2.46. The summed E-state index contributed by atoms with van der Waals surface area (Å²) in [7, 11) is 0. The van der Waals surface area contributed by atoms with Gasteiger partial charge in [0, 0.05) is 10.9 Å². The molecule has 1 amide bonds. The lowest BCUT2D eigenvalue weighted by atomic mass is 9.85. The van der Waals surface area contributed by atoms with Crippen LogP contribution in [0.3, 0.4) is 0 Å². The summed E-state index contributed by atoms with van der Waals surface area (Å²) in [5.74, 6) is -4.17. The summed E-state index contributed by atoms with van der Waals surface area (Å²) >= 11 is 11.9. The van der Waals surface area contributed by atoms with Crippen LogP contribution in [0.4, 0.5) is 10.1 Å². The van der Waals surface area contributed by atoms with Gasteiger partial charge in [0.1, 0.15) is 11.7 Å². The van der Waals surface area contributed by atoms with Crippen molar-refractivity contribution in [3.05, 3.63) is 63.4 Å². The molecular formula is C21H16Cl2FNO3. The van der Waals surface area contributed by atoms with E-state index in [1.807, 2.05) is 0 Å². The average molecular weight is 420 g/mol. The normalized spacial score (nSPS) is 22.1. The molecule has 2 aliphatic rings. The highest BCUT2D eigenvalue weighted by atomic mass is 35.5. The minimum absolute atomic E-state index is 0.115. The zero-order valence-corrected chi connectivity index (χ0v) is 16.4. The zero-order valence-electron chi connectivity index (χ0n) is 14.9. The maximum atomic E-state index is 14.8. The van der Waals surface area contributed by atoms with Gasteiger partial charge < -0.3 is 0 Å². The Balaban J connectivity index is 1.92. The molecule has 0 radical (unpaired) electrons. The molecule has 2 aromatic rings. The van der Waals surface area contributed by atoms with Gasteiger partial charge in [0.05, 0.1) is 16.8 Å². The molecule has 1 saturated heterocycles. The van der Waals surface area contributed by atoms with Crippen LogP contribution in [0.15, 0.2) is 36.4 Å². The van der Waals surface area contributed by atoms with Crippen LogP contribution in [0.2, 0.25) is 10.0 Å². The maximum Gasteiger partial charge on any atom is 0.295 e. The summed E-state index contributed by atoms with van der Waals surface area (Å²) in [5.41, 5.74) is 1.18. The Morgan fingerprint density at radius 1 is 1.14 bits per heavy atom. The number of benzene rings is 2. The number of nitrogens with zero attached hydrogens (tertiary/aromatic N) is 1. The molecule has 144 valence electrons. The second-order valence-corrected chi connectivity index (χ2v) is 8.06. The third-order valence-corrected chi connectivity index (χ3v) is 5.86. The minimum atomic E-state index is -1.17. The first-order valence-electron chi connectivity index (χ1n) is 8.92. The molecule has 0 bridgehead atoms. The van der Waals surface area contributed by atoms with Gasteiger partial charge >= 0.3 is 0 Å². The lowest BCUT2D eigenvalue weighted by Gasteiger charge is -2.29. The van der Waals surface area contributed by atoms with E-state index in [1.165, 1.54) is 18.2 Å². The number of halogens is 3. The first-order chi connectivity index (χ1) is 13.3. The topological polar surface area (TPSA) is 54.5 Å². The molecule has 2 fully saturated rings. The summed E-state index contributed by atoms with van der Waals surface area (Å²) in [6.07, 6.45) is 1.41. The van der Waals surface area contributed by atoms with E-state index >= 15 is 0 Å². The largest absolute Gasteiger partial charge is 0.298 e. The number of anilines is 1. The van der Waals surface area contributed by atoms with Crippen molar-refractivity contribution in [2.45, 2.75) is 25.8 Å². The predicted molar refractivity (Wildman–Crippen MR) is 104 cm³/mol. The average Bonchev–Trinajstić information content (AvgIpc) is 3.46.